The molecule has 19 heavy (non-hydrogen) atoms. The number of amides is 2. The molecule has 1 heterocycles. The lowest BCUT2D eigenvalue weighted by Crippen LogP contribution is -2.42. The number of carboxylic acid groups (broad SMARTS) is 1. The third-order valence-electron chi connectivity index (χ3n) is 2.57. The number of nitrogens with zero attached hydrogens (tertiary/aromatic N) is 2. The summed E-state index contributed by atoms with van der Waals surface area (Å²) in [7, 11) is 0. The lowest BCUT2D eigenvalue weighted by atomic mass is 10.2. The highest BCUT2D eigenvalue weighted by Gasteiger charge is 2.18. The largest absolute Gasteiger partial charge is 0.480 e. The Labute approximate surface area is 112 Å². The number of nitrogens with one attached hydrogen (secondary N) is 2. The fourth-order valence-corrected chi connectivity index (χ4v) is 1.56. The first kappa shape index (κ1) is 15.0. The number of carbonyl (C=O) groups excluding carboxylic acids is 1. The maximum absolute atomic E-state index is 11.7. The van der Waals surface area contributed by atoms with Crippen molar-refractivity contribution in [2.75, 3.05) is 5.32 Å². The maximum atomic E-state index is 11.7. The molecule has 106 valence electrons. The highest BCUT2D eigenvalue weighted by atomic mass is 16.4. The summed E-state index contributed by atoms with van der Waals surface area (Å²) in [4.78, 5) is 22.6. The van der Waals surface area contributed by atoms with Crippen molar-refractivity contribution in [3.63, 3.8) is 0 Å². The molecule has 3 N–H and O–H groups in total. The van der Waals surface area contributed by atoms with Crippen LogP contribution in [-0.2, 0) is 4.79 Å². The van der Waals surface area contributed by atoms with Crippen LogP contribution in [0.2, 0.25) is 0 Å². The van der Waals surface area contributed by atoms with Crippen LogP contribution in [0.15, 0.2) is 12.4 Å². The Morgan fingerprint density at radius 1 is 1.47 bits per heavy atom. The second-order valence-corrected chi connectivity index (χ2v) is 4.58. The molecule has 0 aromatic carbocycles. The van der Waals surface area contributed by atoms with Crippen molar-refractivity contribution in [2.24, 2.45) is 0 Å². The van der Waals surface area contributed by atoms with Crippen LogP contribution in [0.5, 0.6) is 0 Å². The summed E-state index contributed by atoms with van der Waals surface area (Å²) in [5, 5.41) is 18.0. The number of carbonyl (C=O) groups is 2. The highest BCUT2D eigenvalue weighted by Crippen LogP contribution is 2.09. The zero-order chi connectivity index (χ0) is 14.4. The summed E-state index contributed by atoms with van der Waals surface area (Å²) in [6.07, 6.45) is 4.30. The summed E-state index contributed by atoms with van der Waals surface area (Å²) >= 11 is 0. The molecule has 0 unspecified atom stereocenters. The molecule has 0 fully saturated rings. The second kappa shape index (κ2) is 6.77. The Balaban J connectivity index is 2.56. The van der Waals surface area contributed by atoms with Crippen LogP contribution in [0.3, 0.4) is 0 Å². The van der Waals surface area contributed by atoms with E-state index in [2.05, 4.69) is 15.7 Å². The number of hydrogen-bond acceptors (Lipinski definition) is 3. The van der Waals surface area contributed by atoms with E-state index in [4.69, 9.17) is 5.11 Å². The van der Waals surface area contributed by atoms with Crippen LogP contribution >= 0.6 is 0 Å². The van der Waals surface area contributed by atoms with E-state index in [0.717, 1.165) is 0 Å². The molecule has 0 aliphatic rings. The SMILES string of the molecule is CCC[C@H](NC(=O)Nc1cnn(C(C)C)c1)C(=O)O. The van der Waals surface area contributed by atoms with Crippen LogP contribution < -0.4 is 10.6 Å². The summed E-state index contributed by atoms with van der Waals surface area (Å²) < 4.78 is 1.70. The smallest absolute Gasteiger partial charge is 0.326 e. The molecule has 0 saturated carbocycles. The minimum atomic E-state index is -1.03. The predicted octanol–water partition coefficient (Wildman–Crippen LogP) is 1.84. The van der Waals surface area contributed by atoms with Crippen molar-refractivity contribution in [1.29, 1.82) is 0 Å². The van der Waals surface area contributed by atoms with Crippen molar-refractivity contribution in [3.8, 4) is 0 Å². The topological polar surface area (TPSA) is 96.3 Å². The molecule has 1 aromatic heterocycles. The van der Waals surface area contributed by atoms with Crippen LogP contribution in [0.25, 0.3) is 0 Å². The number of anilines is 1. The van der Waals surface area contributed by atoms with Crippen LogP contribution in [0, 0.1) is 0 Å². The van der Waals surface area contributed by atoms with Gasteiger partial charge in [0.1, 0.15) is 6.04 Å². The van der Waals surface area contributed by atoms with Crippen LogP contribution in [-0.4, -0.2) is 32.9 Å². The third kappa shape index (κ3) is 4.61. The predicted molar refractivity (Wildman–Crippen MR) is 71.1 cm³/mol. The Morgan fingerprint density at radius 2 is 2.16 bits per heavy atom. The van der Waals surface area contributed by atoms with Gasteiger partial charge in [-0.3, -0.25) is 4.68 Å². The standard InChI is InChI=1S/C12H20N4O3/c1-4-5-10(11(17)18)15-12(19)14-9-6-13-16(7-9)8(2)3/h6-8,10H,4-5H2,1-3H3,(H,17,18)(H2,14,15,19)/t10-/m0/s1. The molecule has 0 bridgehead atoms. The summed E-state index contributed by atoms with van der Waals surface area (Å²) in [5.41, 5.74) is 0.534. The molecule has 0 aliphatic carbocycles. The van der Waals surface area contributed by atoms with Gasteiger partial charge in [-0.1, -0.05) is 13.3 Å². The first-order chi connectivity index (χ1) is 8.93. The normalized spacial score (nSPS) is 12.2. The molecule has 1 atom stereocenters. The molecular weight excluding hydrogens is 248 g/mol. The molecule has 7 nitrogen and oxygen atoms in total. The van der Waals surface area contributed by atoms with E-state index in [0.29, 0.717) is 18.5 Å². The quantitative estimate of drug-likeness (QED) is 0.733. The van der Waals surface area contributed by atoms with Gasteiger partial charge in [0, 0.05) is 12.2 Å². The van der Waals surface area contributed by atoms with Gasteiger partial charge in [0.25, 0.3) is 0 Å². The molecule has 7 heteroatoms. The van der Waals surface area contributed by atoms with Crippen molar-refractivity contribution in [3.05, 3.63) is 12.4 Å². The molecule has 2 amide bonds. The maximum Gasteiger partial charge on any atom is 0.326 e. The molecule has 1 aromatic rings. The average molecular weight is 268 g/mol. The number of urea groups is 1. The lowest BCUT2D eigenvalue weighted by molar-refractivity contribution is -0.139. The molecular formula is C12H20N4O3. The van der Waals surface area contributed by atoms with Gasteiger partial charge in [-0.05, 0) is 20.3 Å². The Bertz CT molecular complexity index is 442. The molecule has 0 aliphatic heterocycles. The number of aliphatic carboxylic acids is 1. The van der Waals surface area contributed by atoms with E-state index < -0.39 is 18.0 Å². The van der Waals surface area contributed by atoms with Gasteiger partial charge < -0.3 is 15.7 Å². The fourth-order valence-electron chi connectivity index (χ4n) is 1.56. The zero-order valence-corrected chi connectivity index (χ0v) is 11.4. The zero-order valence-electron chi connectivity index (χ0n) is 11.4. The average Bonchev–Trinajstić information content (AvgIpc) is 2.76. The molecule has 1 rings (SSSR count). The molecule has 0 radical (unpaired) electrons. The van der Waals surface area contributed by atoms with E-state index in [1.54, 1.807) is 10.9 Å². The molecule has 0 spiro atoms. The number of carboxylic acids is 1. The van der Waals surface area contributed by atoms with Gasteiger partial charge in [0.15, 0.2) is 0 Å². The Kier molecular flexibility index (Phi) is 5.35. The van der Waals surface area contributed by atoms with E-state index in [9.17, 15) is 9.59 Å². The summed E-state index contributed by atoms with van der Waals surface area (Å²) in [6, 6.07) is -1.21. The first-order valence-electron chi connectivity index (χ1n) is 6.28. The lowest BCUT2D eigenvalue weighted by Gasteiger charge is -2.13. The van der Waals surface area contributed by atoms with Gasteiger partial charge >= 0.3 is 12.0 Å². The first-order valence-corrected chi connectivity index (χ1v) is 6.28. The van der Waals surface area contributed by atoms with Gasteiger partial charge in [0.05, 0.1) is 11.9 Å². The van der Waals surface area contributed by atoms with Crippen molar-refractivity contribution in [2.45, 2.75) is 45.7 Å². The van der Waals surface area contributed by atoms with E-state index in [-0.39, 0.29) is 6.04 Å². The minimum absolute atomic E-state index is 0.200. The number of hydrogen-bond donors (Lipinski definition) is 3. The number of rotatable bonds is 6. The Hall–Kier alpha value is -2.05. The van der Waals surface area contributed by atoms with Crippen LogP contribution in [0.4, 0.5) is 10.5 Å². The second-order valence-electron chi connectivity index (χ2n) is 4.58. The highest BCUT2D eigenvalue weighted by molar-refractivity contribution is 5.91. The van der Waals surface area contributed by atoms with Gasteiger partial charge in [-0.15, -0.1) is 0 Å². The van der Waals surface area contributed by atoms with Crippen molar-refractivity contribution in [1.82, 2.24) is 15.1 Å². The minimum Gasteiger partial charge on any atom is -0.480 e. The van der Waals surface area contributed by atoms with Gasteiger partial charge in [0.2, 0.25) is 0 Å². The monoisotopic (exact) mass is 268 g/mol. The van der Waals surface area contributed by atoms with Crippen molar-refractivity contribution >= 4 is 17.7 Å². The summed E-state index contributed by atoms with van der Waals surface area (Å²) in [6.45, 7) is 5.80. The van der Waals surface area contributed by atoms with Gasteiger partial charge in [-0.2, -0.15) is 5.10 Å². The molecule has 0 saturated heterocycles. The van der Waals surface area contributed by atoms with E-state index in [1.165, 1.54) is 6.20 Å². The number of aromatic nitrogens is 2. The van der Waals surface area contributed by atoms with Crippen molar-refractivity contribution < 1.29 is 14.7 Å². The van der Waals surface area contributed by atoms with Crippen LogP contribution in [0.1, 0.15) is 39.7 Å². The van der Waals surface area contributed by atoms with E-state index >= 15 is 0 Å². The third-order valence-corrected chi connectivity index (χ3v) is 2.57. The Morgan fingerprint density at radius 3 is 2.63 bits per heavy atom. The van der Waals surface area contributed by atoms with Gasteiger partial charge in [-0.25, -0.2) is 9.59 Å². The summed E-state index contributed by atoms with van der Waals surface area (Å²) in [5.74, 6) is -1.03. The van der Waals surface area contributed by atoms with E-state index in [1.807, 2.05) is 20.8 Å². The fraction of sp³-hybridized carbons (Fsp3) is 0.583.